The van der Waals surface area contributed by atoms with Crippen molar-refractivity contribution in [3.05, 3.63) is 33.8 Å². The van der Waals surface area contributed by atoms with E-state index in [1.165, 1.54) is 5.56 Å². The van der Waals surface area contributed by atoms with E-state index < -0.39 is 0 Å². The predicted octanol–water partition coefficient (Wildman–Crippen LogP) is 2.01. The molecule has 0 spiro atoms. The van der Waals surface area contributed by atoms with Gasteiger partial charge in [-0.1, -0.05) is 22.0 Å². The van der Waals surface area contributed by atoms with Crippen LogP contribution < -0.4 is 0 Å². The number of carbonyl (C=O) groups excluding carboxylic acids is 1. The first-order valence-corrected chi connectivity index (χ1v) is 5.47. The van der Waals surface area contributed by atoms with E-state index in [4.69, 9.17) is 0 Å². The Morgan fingerprint density at radius 1 is 1.36 bits per heavy atom. The third-order valence-corrected chi connectivity index (χ3v) is 3.15. The van der Waals surface area contributed by atoms with Gasteiger partial charge in [0.05, 0.1) is 6.42 Å². The maximum atomic E-state index is 11.6. The first-order valence-electron chi connectivity index (χ1n) is 4.68. The van der Waals surface area contributed by atoms with Crippen molar-refractivity contribution in [3.8, 4) is 0 Å². The third kappa shape index (κ3) is 1.82. The summed E-state index contributed by atoms with van der Waals surface area (Å²) in [5.41, 5.74) is 2.46. The van der Waals surface area contributed by atoms with Crippen molar-refractivity contribution < 1.29 is 4.79 Å². The molecule has 2 rings (SSSR count). The molecule has 1 aliphatic heterocycles. The Kier molecular flexibility index (Phi) is 2.59. The minimum Gasteiger partial charge on any atom is -0.345 e. The van der Waals surface area contributed by atoms with Crippen molar-refractivity contribution in [2.75, 3.05) is 13.6 Å². The Labute approximate surface area is 92.0 Å². The average Bonchev–Trinajstić information content (AvgIpc) is 2.27. The number of hydrogen-bond acceptors (Lipinski definition) is 1. The van der Waals surface area contributed by atoms with Gasteiger partial charge in [0.1, 0.15) is 0 Å². The van der Waals surface area contributed by atoms with E-state index in [9.17, 15) is 4.79 Å². The summed E-state index contributed by atoms with van der Waals surface area (Å²) in [5, 5.41) is 0. The summed E-state index contributed by atoms with van der Waals surface area (Å²) in [6.45, 7) is 0.827. The summed E-state index contributed by atoms with van der Waals surface area (Å²) >= 11 is 3.43. The van der Waals surface area contributed by atoms with E-state index in [1.807, 2.05) is 19.2 Å². The Hall–Kier alpha value is -0.830. The lowest BCUT2D eigenvalue weighted by molar-refractivity contribution is -0.128. The zero-order valence-electron chi connectivity index (χ0n) is 8.09. The monoisotopic (exact) mass is 253 g/mol. The van der Waals surface area contributed by atoms with Gasteiger partial charge in [0.15, 0.2) is 0 Å². The summed E-state index contributed by atoms with van der Waals surface area (Å²) in [7, 11) is 1.86. The number of amides is 1. The largest absolute Gasteiger partial charge is 0.345 e. The quantitative estimate of drug-likeness (QED) is 0.693. The molecule has 2 nitrogen and oxygen atoms in total. The highest BCUT2D eigenvalue weighted by molar-refractivity contribution is 9.10. The molecule has 3 heteroatoms. The van der Waals surface area contributed by atoms with Crippen LogP contribution in [0.5, 0.6) is 0 Å². The number of rotatable bonds is 0. The Bertz CT molecular complexity index is 376. The van der Waals surface area contributed by atoms with Gasteiger partial charge in [-0.25, -0.2) is 0 Å². The standard InChI is InChI=1S/C11H12BrNO/c1-13-5-4-8-2-3-10(12)6-9(8)7-11(13)14/h2-3,6H,4-5,7H2,1H3. The van der Waals surface area contributed by atoms with Gasteiger partial charge in [0.25, 0.3) is 0 Å². The van der Waals surface area contributed by atoms with E-state index in [1.54, 1.807) is 4.90 Å². The number of nitrogens with zero attached hydrogens (tertiary/aromatic N) is 1. The fourth-order valence-electron chi connectivity index (χ4n) is 1.71. The highest BCUT2D eigenvalue weighted by Gasteiger charge is 2.17. The Morgan fingerprint density at radius 2 is 2.14 bits per heavy atom. The lowest BCUT2D eigenvalue weighted by atomic mass is 10.0. The molecule has 0 atom stereocenters. The molecule has 0 N–H and O–H groups in total. The summed E-state index contributed by atoms with van der Waals surface area (Å²) < 4.78 is 1.05. The van der Waals surface area contributed by atoms with Crippen molar-refractivity contribution in [2.24, 2.45) is 0 Å². The van der Waals surface area contributed by atoms with Crippen LogP contribution in [0.2, 0.25) is 0 Å². The number of hydrogen-bond donors (Lipinski definition) is 0. The first kappa shape index (κ1) is 9.71. The van der Waals surface area contributed by atoms with Crippen LogP contribution in [0.1, 0.15) is 11.1 Å². The molecule has 0 aromatic heterocycles. The maximum absolute atomic E-state index is 11.6. The van der Waals surface area contributed by atoms with Gasteiger partial charge in [-0.05, 0) is 29.7 Å². The number of benzene rings is 1. The number of carbonyl (C=O) groups is 1. The van der Waals surface area contributed by atoms with Gasteiger partial charge in [0.2, 0.25) is 5.91 Å². The summed E-state index contributed by atoms with van der Waals surface area (Å²) in [6.07, 6.45) is 1.50. The third-order valence-electron chi connectivity index (χ3n) is 2.65. The van der Waals surface area contributed by atoms with E-state index in [2.05, 4.69) is 22.0 Å². The molecule has 1 aliphatic rings. The van der Waals surface area contributed by atoms with Gasteiger partial charge in [-0.3, -0.25) is 4.79 Å². The fraction of sp³-hybridized carbons (Fsp3) is 0.364. The molecule has 0 bridgehead atoms. The van der Waals surface area contributed by atoms with Gasteiger partial charge < -0.3 is 4.90 Å². The van der Waals surface area contributed by atoms with Gasteiger partial charge in [-0.2, -0.15) is 0 Å². The normalized spacial score (nSPS) is 16.4. The Balaban J connectivity index is 2.38. The van der Waals surface area contributed by atoms with E-state index in [-0.39, 0.29) is 5.91 Å². The van der Waals surface area contributed by atoms with Crippen LogP contribution in [0.25, 0.3) is 0 Å². The van der Waals surface area contributed by atoms with Crippen LogP contribution >= 0.6 is 15.9 Å². The second-order valence-corrected chi connectivity index (χ2v) is 4.57. The maximum Gasteiger partial charge on any atom is 0.226 e. The topological polar surface area (TPSA) is 20.3 Å². The molecule has 1 aromatic carbocycles. The van der Waals surface area contributed by atoms with Crippen LogP contribution in [0.15, 0.2) is 22.7 Å². The van der Waals surface area contributed by atoms with Crippen molar-refractivity contribution in [2.45, 2.75) is 12.8 Å². The average molecular weight is 254 g/mol. The molecule has 0 saturated heterocycles. The predicted molar refractivity (Wildman–Crippen MR) is 59.2 cm³/mol. The Morgan fingerprint density at radius 3 is 2.93 bits per heavy atom. The highest BCUT2D eigenvalue weighted by atomic mass is 79.9. The number of halogens is 1. The van der Waals surface area contributed by atoms with Crippen LogP contribution in [-0.2, 0) is 17.6 Å². The zero-order chi connectivity index (χ0) is 10.1. The van der Waals surface area contributed by atoms with E-state index in [0.717, 1.165) is 23.0 Å². The van der Waals surface area contributed by atoms with Crippen molar-refractivity contribution in [1.29, 1.82) is 0 Å². The van der Waals surface area contributed by atoms with Crippen molar-refractivity contribution in [3.63, 3.8) is 0 Å². The first-order chi connectivity index (χ1) is 6.66. The second kappa shape index (κ2) is 3.73. The molecule has 74 valence electrons. The molecule has 1 amide bonds. The second-order valence-electron chi connectivity index (χ2n) is 3.66. The summed E-state index contributed by atoms with van der Waals surface area (Å²) in [6, 6.07) is 6.19. The number of likely N-dealkylation sites (N-methyl/N-ethyl adjacent to an activating group) is 1. The lowest BCUT2D eigenvalue weighted by Crippen LogP contribution is -2.27. The van der Waals surface area contributed by atoms with Crippen molar-refractivity contribution in [1.82, 2.24) is 4.90 Å². The molecule has 0 unspecified atom stereocenters. The minimum absolute atomic E-state index is 0.210. The van der Waals surface area contributed by atoms with Crippen molar-refractivity contribution >= 4 is 21.8 Å². The van der Waals surface area contributed by atoms with Gasteiger partial charge in [0, 0.05) is 18.1 Å². The molecule has 1 heterocycles. The van der Waals surface area contributed by atoms with Crippen LogP contribution in [-0.4, -0.2) is 24.4 Å². The highest BCUT2D eigenvalue weighted by Crippen LogP contribution is 2.20. The van der Waals surface area contributed by atoms with Crippen LogP contribution in [0.3, 0.4) is 0 Å². The molecule has 0 aliphatic carbocycles. The van der Waals surface area contributed by atoms with E-state index in [0.29, 0.717) is 6.42 Å². The summed E-state index contributed by atoms with van der Waals surface area (Å²) in [5.74, 6) is 0.210. The molecular weight excluding hydrogens is 242 g/mol. The van der Waals surface area contributed by atoms with E-state index >= 15 is 0 Å². The SMILES string of the molecule is CN1CCc2ccc(Br)cc2CC1=O. The van der Waals surface area contributed by atoms with Gasteiger partial charge in [-0.15, -0.1) is 0 Å². The smallest absolute Gasteiger partial charge is 0.226 e. The number of fused-ring (bicyclic) bond motifs is 1. The molecular formula is C11H12BrNO. The van der Waals surface area contributed by atoms with Gasteiger partial charge >= 0.3 is 0 Å². The lowest BCUT2D eigenvalue weighted by Gasteiger charge is -2.12. The minimum atomic E-state index is 0.210. The van der Waals surface area contributed by atoms with Crippen LogP contribution in [0, 0.1) is 0 Å². The molecule has 14 heavy (non-hydrogen) atoms. The summed E-state index contributed by atoms with van der Waals surface area (Å²) in [4.78, 5) is 13.4. The molecule has 0 saturated carbocycles. The fourth-order valence-corrected chi connectivity index (χ4v) is 2.12. The zero-order valence-corrected chi connectivity index (χ0v) is 9.67. The molecule has 0 fully saturated rings. The molecule has 1 aromatic rings. The van der Waals surface area contributed by atoms with Crippen LogP contribution in [0.4, 0.5) is 0 Å². The molecule has 0 radical (unpaired) electrons.